The summed E-state index contributed by atoms with van der Waals surface area (Å²) in [4.78, 5) is 10.5. The molecule has 0 amide bonds. The summed E-state index contributed by atoms with van der Waals surface area (Å²) in [5.74, 6) is -2.09. The quantitative estimate of drug-likeness (QED) is 0.621. The standard InChI is InChI=1S/C10H5ClFNO2/c11-8-2-1-3-9(12)7(8)4-6(5-13)10(14)15/h1-4H,(H,14,15). The van der Waals surface area contributed by atoms with E-state index in [1.54, 1.807) is 0 Å². The monoisotopic (exact) mass is 225 g/mol. The van der Waals surface area contributed by atoms with Crippen LogP contribution in [0.25, 0.3) is 6.08 Å². The third kappa shape index (κ3) is 2.55. The third-order valence-corrected chi connectivity index (χ3v) is 1.97. The van der Waals surface area contributed by atoms with Gasteiger partial charge >= 0.3 is 5.97 Å². The second-order valence-electron chi connectivity index (χ2n) is 2.61. The largest absolute Gasteiger partial charge is 0.477 e. The maximum absolute atomic E-state index is 13.2. The Hall–Kier alpha value is -1.86. The summed E-state index contributed by atoms with van der Waals surface area (Å²) in [5.41, 5.74) is -0.667. The van der Waals surface area contributed by atoms with Gasteiger partial charge in [0.2, 0.25) is 0 Å². The highest BCUT2D eigenvalue weighted by atomic mass is 35.5. The van der Waals surface area contributed by atoms with Crippen LogP contribution >= 0.6 is 11.6 Å². The molecule has 0 radical (unpaired) electrons. The predicted molar refractivity (Wildman–Crippen MR) is 52.6 cm³/mol. The zero-order valence-corrected chi connectivity index (χ0v) is 8.12. The van der Waals surface area contributed by atoms with Crippen LogP contribution in [0.5, 0.6) is 0 Å². The van der Waals surface area contributed by atoms with Crippen LogP contribution in [0.4, 0.5) is 4.39 Å². The fourth-order valence-electron chi connectivity index (χ4n) is 0.935. The zero-order valence-electron chi connectivity index (χ0n) is 7.37. The van der Waals surface area contributed by atoms with Crippen molar-refractivity contribution in [2.75, 3.05) is 0 Å². The smallest absolute Gasteiger partial charge is 0.346 e. The number of nitrogens with zero attached hydrogens (tertiary/aromatic N) is 1. The van der Waals surface area contributed by atoms with E-state index in [9.17, 15) is 9.18 Å². The van der Waals surface area contributed by atoms with E-state index in [2.05, 4.69) is 0 Å². The Morgan fingerprint density at radius 2 is 2.27 bits per heavy atom. The fraction of sp³-hybridized carbons (Fsp3) is 0. The molecular weight excluding hydrogens is 221 g/mol. The number of hydrogen-bond donors (Lipinski definition) is 1. The average Bonchev–Trinajstić information content (AvgIpc) is 2.17. The summed E-state index contributed by atoms with van der Waals surface area (Å²) in [6, 6.07) is 5.37. The second-order valence-corrected chi connectivity index (χ2v) is 3.02. The van der Waals surface area contributed by atoms with E-state index in [1.165, 1.54) is 18.2 Å². The molecule has 0 aromatic heterocycles. The van der Waals surface area contributed by atoms with Crippen LogP contribution < -0.4 is 0 Å². The topological polar surface area (TPSA) is 61.1 Å². The molecule has 15 heavy (non-hydrogen) atoms. The molecule has 3 nitrogen and oxygen atoms in total. The van der Waals surface area contributed by atoms with Crippen LogP contribution in [-0.4, -0.2) is 11.1 Å². The maximum atomic E-state index is 13.2. The maximum Gasteiger partial charge on any atom is 0.346 e. The third-order valence-electron chi connectivity index (χ3n) is 1.64. The summed E-state index contributed by atoms with van der Waals surface area (Å²) < 4.78 is 13.2. The lowest BCUT2D eigenvalue weighted by Gasteiger charge is -1.99. The Morgan fingerprint density at radius 3 is 2.73 bits per heavy atom. The summed E-state index contributed by atoms with van der Waals surface area (Å²) >= 11 is 5.65. The number of carbonyl (C=O) groups is 1. The fourth-order valence-corrected chi connectivity index (χ4v) is 1.15. The Kier molecular flexibility index (Phi) is 3.42. The molecule has 0 bridgehead atoms. The first-order valence-electron chi connectivity index (χ1n) is 3.85. The molecule has 1 rings (SSSR count). The van der Waals surface area contributed by atoms with Gasteiger partial charge in [0.1, 0.15) is 17.5 Å². The van der Waals surface area contributed by atoms with Gasteiger partial charge in [-0.1, -0.05) is 17.7 Å². The van der Waals surface area contributed by atoms with Gasteiger partial charge in [0.25, 0.3) is 0 Å². The van der Waals surface area contributed by atoms with Gasteiger partial charge in [-0.15, -0.1) is 0 Å². The molecule has 1 N–H and O–H groups in total. The molecule has 0 heterocycles. The number of rotatable bonds is 2. The van der Waals surface area contributed by atoms with E-state index in [4.69, 9.17) is 22.0 Å². The van der Waals surface area contributed by atoms with Gasteiger partial charge < -0.3 is 5.11 Å². The Labute approximate surface area is 90.0 Å². The van der Waals surface area contributed by atoms with Crippen molar-refractivity contribution >= 4 is 23.6 Å². The van der Waals surface area contributed by atoms with Crippen molar-refractivity contribution in [1.82, 2.24) is 0 Å². The molecule has 1 aromatic rings. The summed E-state index contributed by atoms with van der Waals surface area (Å²) in [5, 5.41) is 17.1. The van der Waals surface area contributed by atoms with Crippen molar-refractivity contribution in [1.29, 1.82) is 5.26 Å². The molecule has 5 heteroatoms. The minimum Gasteiger partial charge on any atom is -0.477 e. The van der Waals surface area contributed by atoms with Gasteiger partial charge in [-0.05, 0) is 18.2 Å². The summed E-state index contributed by atoms with van der Waals surface area (Å²) in [6.07, 6.45) is 0.903. The van der Waals surface area contributed by atoms with Crippen molar-refractivity contribution < 1.29 is 14.3 Å². The van der Waals surface area contributed by atoms with Gasteiger partial charge in [0.15, 0.2) is 0 Å². The van der Waals surface area contributed by atoms with Gasteiger partial charge in [0.05, 0.1) is 5.02 Å². The molecule has 1 aromatic carbocycles. The van der Waals surface area contributed by atoms with Crippen LogP contribution in [0.1, 0.15) is 5.56 Å². The van der Waals surface area contributed by atoms with E-state index in [0.29, 0.717) is 0 Å². The van der Waals surface area contributed by atoms with Gasteiger partial charge in [0, 0.05) is 5.56 Å². The first-order valence-corrected chi connectivity index (χ1v) is 4.23. The normalized spacial score (nSPS) is 10.9. The van der Waals surface area contributed by atoms with Gasteiger partial charge in [-0.25, -0.2) is 9.18 Å². The van der Waals surface area contributed by atoms with Crippen LogP contribution in [0, 0.1) is 17.1 Å². The van der Waals surface area contributed by atoms with Crippen LogP contribution in [0.2, 0.25) is 5.02 Å². The Balaban J connectivity index is 3.30. The summed E-state index contributed by atoms with van der Waals surface area (Å²) in [6.45, 7) is 0. The number of carboxylic acid groups (broad SMARTS) is 1. The van der Waals surface area contributed by atoms with Crippen molar-refractivity contribution in [3.63, 3.8) is 0 Å². The first-order chi connectivity index (χ1) is 7.06. The molecule has 76 valence electrons. The summed E-state index contributed by atoms with van der Waals surface area (Å²) in [7, 11) is 0. The molecular formula is C10H5ClFNO2. The van der Waals surface area contributed by atoms with Crippen molar-refractivity contribution in [2.24, 2.45) is 0 Å². The molecule has 0 aliphatic carbocycles. The van der Waals surface area contributed by atoms with Crippen LogP contribution in [0.15, 0.2) is 23.8 Å². The van der Waals surface area contributed by atoms with E-state index in [1.807, 2.05) is 0 Å². The number of halogens is 2. The number of nitriles is 1. The van der Waals surface area contributed by atoms with Crippen LogP contribution in [0.3, 0.4) is 0 Å². The lowest BCUT2D eigenvalue weighted by molar-refractivity contribution is -0.132. The Bertz CT molecular complexity index is 457. The molecule has 0 unspecified atom stereocenters. The van der Waals surface area contributed by atoms with Gasteiger partial charge in [-0.2, -0.15) is 5.26 Å². The molecule has 0 aliphatic heterocycles. The second kappa shape index (κ2) is 4.58. The zero-order chi connectivity index (χ0) is 11.4. The van der Waals surface area contributed by atoms with E-state index in [0.717, 1.165) is 12.1 Å². The highest BCUT2D eigenvalue weighted by molar-refractivity contribution is 6.32. The molecule has 0 atom stereocenters. The lowest BCUT2D eigenvalue weighted by Crippen LogP contribution is -1.98. The van der Waals surface area contributed by atoms with E-state index in [-0.39, 0.29) is 10.6 Å². The number of carboxylic acids is 1. The highest BCUT2D eigenvalue weighted by Gasteiger charge is 2.10. The highest BCUT2D eigenvalue weighted by Crippen LogP contribution is 2.21. The number of hydrogen-bond acceptors (Lipinski definition) is 2. The molecule has 0 spiro atoms. The van der Waals surface area contributed by atoms with Crippen molar-refractivity contribution in [3.05, 3.63) is 40.2 Å². The minimum atomic E-state index is -1.42. The van der Waals surface area contributed by atoms with E-state index < -0.39 is 17.4 Å². The Morgan fingerprint density at radius 1 is 1.60 bits per heavy atom. The van der Waals surface area contributed by atoms with E-state index >= 15 is 0 Å². The van der Waals surface area contributed by atoms with Gasteiger partial charge in [-0.3, -0.25) is 0 Å². The van der Waals surface area contributed by atoms with Crippen molar-refractivity contribution in [3.8, 4) is 6.07 Å². The molecule has 0 saturated carbocycles. The predicted octanol–water partition coefficient (Wildman–Crippen LogP) is 2.47. The molecule has 0 saturated heterocycles. The molecule has 0 aliphatic rings. The number of benzene rings is 1. The van der Waals surface area contributed by atoms with Crippen LogP contribution in [-0.2, 0) is 4.79 Å². The number of aliphatic carboxylic acids is 1. The minimum absolute atomic E-state index is 0.0593. The average molecular weight is 226 g/mol. The first kappa shape index (κ1) is 11.2. The molecule has 0 fully saturated rings. The van der Waals surface area contributed by atoms with Crippen molar-refractivity contribution in [2.45, 2.75) is 0 Å². The SMILES string of the molecule is N#CC(=Cc1c(F)cccc1Cl)C(=O)O. The lowest BCUT2D eigenvalue weighted by atomic mass is 10.1.